The summed E-state index contributed by atoms with van der Waals surface area (Å²) >= 11 is 0. The molecule has 0 saturated carbocycles. The third kappa shape index (κ3) is 2.58. The first-order valence-electron chi connectivity index (χ1n) is 4.99. The Kier molecular flexibility index (Phi) is 3.16. The molecule has 0 radical (unpaired) electrons. The number of nitrogens with zero attached hydrogens (tertiary/aromatic N) is 2. The maximum Gasteiger partial charge on any atom is 0.240 e. The SMILES string of the molecule is Cc1ccc(OCc2noc(CN)n2)cc1. The molecule has 0 spiro atoms. The number of nitrogens with two attached hydrogens (primary N) is 1. The van der Waals surface area contributed by atoms with E-state index in [9.17, 15) is 0 Å². The quantitative estimate of drug-likeness (QED) is 0.841. The monoisotopic (exact) mass is 219 g/mol. The Morgan fingerprint density at radius 1 is 1.31 bits per heavy atom. The van der Waals surface area contributed by atoms with E-state index in [-0.39, 0.29) is 13.2 Å². The Balaban J connectivity index is 1.94. The topological polar surface area (TPSA) is 74.2 Å². The Labute approximate surface area is 93.2 Å². The van der Waals surface area contributed by atoms with E-state index in [0.717, 1.165) is 5.75 Å². The van der Waals surface area contributed by atoms with Crippen LogP contribution < -0.4 is 10.5 Å². The molecule has 5 nitrogen and oxygen atoms in total. The predicted octanol–water partition coefficient (Wildman–Crippen LogP) is 1.42. The summed E-state index contributed by atoms with van der Waals surface area (Å²) in [6, 6.07) is 7.77. The van der Waals surface area contributed by atoms with Crippen LogP contribution in [0.15, 0.2) is 28.8 Å². The molecule has 0 aliphatic rings. The van der Waals surface area contributed by atoms with Crippen LogP contribution in [-0.2, 0) is 13.2 Å². The van der Waals surface area contributed by atoms with Gasteiger partial charge in [-0.15, -0.1) is 0 Å². The highest BCUT2D eigenvalue weighted by atomic mass is 16.5. The summed E-state index contributed by atoms with van der Waals surface area (Å²) < 4.78 is 10.3. The third-order valence-electron chi connectivity index (χ3n) is 2.07. The zero-order chi connectivity index (χ0) is 11.4. The average Bonchev–Trinajstić information content (AvgIpc) is 2.76. The normalized spacial score (nSPS) is 10.4. The van der Waals surface area contributed by atoms with E-state index in [1.165, 1.54) is 5.56 Å². The average molecular weight is 219 g/mol. The molecule has 0 bridgehead atoms. The lowest BCUT2D eigenvalue weighted by Gasteiger charge is -2.02. The summed E-state index contributed by atoms with van der Waals surface area (Å²) in [5, 5.41) is 3.73. The van der Waals surface area contributed by atoms with Crippen LogP contribution in [0.1, 0.15) is 17.3 Å². The molecule has 16 heavy (non-hydrogen) atoms. The van der Waals surface area contributed by atoms with E-state index >= 15 is 0 Å². The van der Waals surface area contributed by atoms with Crippen molar-refractivity contribution < 1.29 is 9.26 Å². The fraction of sp³-hybridized carbons (Fsp3) is 0.273. The van der Waals surface area contributed by atoms with Crippen molar-refractivity contribution in [1.82, 2.24) is 10.1 Å². The maximum absolute atomic E-state index is 5.48. The molecule has 0 amide bonds. The first kappa shape index (κ1) is 10.6. The summed E-state index contributed by atoms with van der Waals surface area (Å²) in [4.78, 5) is 4.03. The smallest absolute Gasteiger partial charge is 0.240 e. The first-order chi connectivity index (χ1) is 7.78. The number of benzene rings is 1. The lowest BCUT2D eigenvalue weighted by Crippen LogP contribution is -1.99. The Hall–Kier alpha value is -1.88. The molecule has 84 valence electrons. The van der Waals surface area contributed by atoms with Gasteiger partial charge in [0.15, 0.2) is 6.61 Å². The fourth-order valence-corrected chi connectivity index (χ4v) is 1.21. The van der Waals surface area contributed by atoms with Gasteiger partial charge in [-0.25, -0.2) is 0 Å². The van der Waals surface area contributed by atoms with Crippen molar-refractivity contribution in [2.45, 2.75) is 20.1 Å². The van der Waals surface area contributed by atoms with Crippen LogP contribution in [0.2, 0.25) is 0 Å². The molecule has 0 saturated heterocycles. The van der Waals surface area contributed by atoms with Gasteiger partial charge < -0.3 is 15.0 Å². The van der Waals surface area contributed by atoms with Gasteiger partial charge in [0.05, 0.1) is 6.54 Å². The molecule has 0 atom stereocenters. The Bertz CT molecular complexity index is 451. The molecular weight excluding hydrogens is 206 g/mol. The molecule has 5 heteroatoms. The Morgan fingerprint density at radius 2 is 2.06 bits per heavy atom. The third-order valence-corrected chi connectivity index (χ3v) is 2.07. The number of hydrogen-bond acceptors (Lipinski definition) is 5. The summed E-state index contributed by atoms with van der Waals surface area (Å²) in [5.41, 5.74) is 6.54. The molecule has 0 aliphatic carbocycles. The van der Waals surface area contributed by atoms with Crippen LogP contribution in [0, 0.1) is 6.92 Å². The summed E-state index contributed by atoms with van der Waals surface area (Å²) in [5.74, 6) is 1.70. The lowest BCUT2D eigenvalue weighted by atomic mass is 10.2. The molecule has 1 heterocycles. The second kappa shape index (κ2) is 4.76. The van der Waals surface area contributed by atoms with Gasteiger partial charge in [0.2, 0.25) is 11.7 Å². The van der Waals surface area contributed by atoms with Crippen molar-refractivity contribution in [2.24, 2.45) is 5.73 Å². The van der Waals surface area contributed by atoms with Gasteiger partial charge in [-0.05, 0) is 19.1 Å². The van der Waals surface area contributed by atoms with E-state index in [1.54, 1.807) is 0 Å². The van der Waals surface area contributed by atoms with E-state index < -0.39 is 0 Å². The van der Waals surface area contributed by atoms with E-state index in [2.05, 4.69) is 10.1 Å². The lowest BCUT2D eigenvalue weighted by molar-refractivity contribution is 0.285. The van der Waals surface area contributed by atoms with Crippen molar-refractivity contribution >= 4 is 0 Å². The van der Waals surface area contributed by atoms with Gasteiger partial charge in [0.25, 0.3) is 0 Å². The number of aryl methyl sites for hydroxylation is 1. The summed E-state index contributed by atoms with van der Waals surface area (Å²) in [6.45, 7) is 2.56. The second-order valence-electron chi connectivity index (χ2n) is 3.41. The first-order valence-corrected chi connectivity index (χ1v) is 4.99. The number of rotatable bonds is 4. The molecule has 0 fully saturated rings. The summed E-state index contributed by atoms with van der Waals surface area (Å²) in [7, 11) is 0. The van der Waals surface area contributed by atoms with Crippen LogP contribution in [0.4, 0.5) is 0 Å². The molecule has 2 aromatic rings. The largest absolute Gasteiger partial charge is 0.485 e. The minimum atomic E-state index is 0.248. The molecule has 0 unspecified atom stereocenters. The van der Waals surface area contributed by atoms with Crippen molar-refractivity contribution in [3.05, 3.63) is 41.5 Å². The van der Waals surface area contributed by atoms with Crippen molar-refractivity contribution in [2.75, 3.05) is 0 Å². The molecule has 2 rings (SSSR count). The molecule has 1 aromatic carbocycles. The van der Waals surface area contributed by atoms with Crippen LogP contribution >= 0.6 is 0 Å². The van der Waals surface area contributed by atoms with Gasteiger partial charge >= 0.3 is 0 Å². The van der Waals surface area contributed by atoms with Crippen molar-refractivity contribution in [1.29, 1.82) is 0 Å². The molecule has 2 N–H and O–H groups in total. The standard InChI is InChI=1S/C11H13N3O2/c1-8-2-4-9(5-3-8)15-7-10-13-11(6-12)16-14-10/h2-5H,6-7,12H2,1H3. The van der Waals surface area contributed by atoms with Gasteiger partial charge in [0.1, 0.15) is 5.75 Å². The van der Waals surface area contributed by atoms with Gasteiger partial charge in [0, 0.05) is 0 Å². The van der Waals surface area contributed by atoms with Crippen molar-refractivity contribution in [3.63, 3.8) is 0 Å². The highest BCUT2D eigenvalue weighted by Crippen LogP contribution is 2.12. The minimum Gasteiger partial charge on any atom is -0.485 e. The molecule has 1 aromatic heterocycles. The molecule has 0 aliphatic heterocycles. The highest BCUT2D eigenvalue weighted by Gasteiger charge is 2.04. The second-order valence-corrected chi connectivity index (χ2v) is 3.41. The Morgan fingerprint density at radius 3 is 2.69 bits per heavy atom. The summed E-state index contributed by atoms with van der Waals surface area (Å²) in [6.07, 6.45) is 0. The fourth-order valence-electron chi connectivity index (χ4n) is 1.21. The van der Waals surface area contributed by atoms with E-state index in [1.807, 2.05) is 31.2 Å². The maximum atomic E-state index is 5.48. The van der Waals surface area contributed by atoms with Gasteiger partial charge in [-0.3, -0.25) is 0 Å². The number of ether oxygens (including phenoxy) is 1. The minimum absolute atomic E-state index is 0.248. The highest BCUT2D eigenvalue weighted by molar-refractivity contribution is 5.26. The van der Waals surface area contributed by atoms with Gasteiger partial charge in [-0.2, -0.15) is 4.98 Å². The predicted molar refractivity (Wildman–Crippen MR) is 57.7 cm³/mol. The molecular formula is C11H13N3O2. The van der Waals surface area contributed by atoms with Crippen LogP contribution in [-0.4, -0.2) is 10.1 Å². The number of aromatic nitrogens is 2. The van der Waals surface area contributed by atoms with Crippen molar-refractivity contribution in [3.8, 4) is 5.75 Å². The zero-order valence-electron chi connectivity index (χ0n) is 9.01. The zero-order valence-corrected chi connectivity index (χ0v) is 9.01. The van der Waals surface area contributed by atoms with E-state index in [0.29, 0.717) is 11.7 Å². The number of hydrogen-bond donors (Lipinski definition) is 1. The van der Waals surface area contributed by atoms with Gasteiger partial charge in [-0.1, -0.05) is 22.9 Å². The van der Waals surface area contributed by atoms with Crippen LogP contribution in [0.25, 0.3) is 0 Å². The van der Waals surface area contributed by atoms with Crippen LogP contribution in [0.5, 0.6) is 5.75 Å². The van der Waals surface area contributed by atoms with Crippen LogP contribution in [0.3, 0.4) is 0 Å². The van der Waals surface area contributed by atoms with E-state index in [4.69, 9.17) is 15.0 Å².